The molecule has 5 nitrogen and oxygen atoms in total. The van der Waals surface area contributed by atoms with Gasteiger partial charge in [0.2, 0.25) is 0 Å². The molecule has 154 valence electrons. The first-order valence-corrected chi connectivity index (χ1v) is 9.80. The van der Waals surface area contributed by atoms with E-state index in [1.807, 2.05) is 44.2 Å². The second-order valence-electron chi connectivity index (χ2n) is 7.40. The molecule has 0 saturated carbocycles. The second kappa shape index (κ2) is 10.5. The van der Waals surface area contributed by atoms with Gasteiger partial charge in [-0.1, -0.05) is 12.5 Å². The highest BCUT2D eigenvalue weighted by atomic mass is 35.5. The van der Waals surface area contributed by atoms with Gasteiger partial charge in [-0.25, -0.2) is 0 Å². The fourth-order valence-electron chi connectivity index (χ4n) is 3.49. The molecule has 0 radical (unpaired) electrons. The van der Waals surface area contributed by atoms with Gasteiger partial charge in [0.1, 0.15) is 17.3 Å². The highest BCUT2D eigenvalue weighted by Crippen LogP contribution is 2.25. The quantitative estimate of drug-likeness (QED) is 0.742. The maximum atomic E-state index is 12.3. The molecule has 3 rings (SSSR count). The summed E-state index contributed by atoms with van der Waals surface area (Å²) in [6.07, 6.45) is 3.66. The molecular weight excluding hydrogens is 376 g/mol. The van der Waals surface area contributed by atoms with E-state index in [1.54, 1.807) is 0 Å². The third-order valence-corrected chi connectivity index (χ3v) is 5.26. The Balaban J connectivity index is 0.00000280. The molecule has 1 atom stereocenters. The number of nitrogens with zero attached hydrogens (tertiary/aromatic N) is 1. The third kappa shape index (κ3) is 6.01. The lowest BCUT2D eigenvalue weighted by Gasteiger charge is -2.33. The summed E-state index contributed by atoms with van der Waals surface area (Å²) in [4.78, 5) is 14.7. The van der Waals surface area contributed by atoms with Crippen LogP contribution in [0.25, 0.3) is 0 Å². The summed E-state index contributed by atoms with van der Waals surface area (Å²) in [5.74, 6) is 2.43. The lowest BCUT2D eigenvalue weighted by molar-refractivity contribution is -0.123. The minimum absolute atomic E-state index is 0. The van der Waals surface area contributed by atoms with Crippen molar-refractivity contribution in [1.82, 2.24) is 10.2 Å². The van der Waals surface area contributed by atoms with Gasteiger partial charge in [0.25, 0.3) is 5.91 Å². The Bertz CT molecular complexity index is 769. The minimum Gasteiger partial charge on any atom is -0.484 e. The number of carbonyl (C=O) groups is 1. The van der Waals surface area contributed by atoms with Crippen LogP contribution in [0.15, 0.2) is 34.7 Å². The number of likely N-dealkylation sites (tertiary alicyclic amines) is 1. The van der Waals surface area contributed by atoms with E-state index in [0.29, 0.717) is 6.54 Å². The van der Waals surface area contributed by atoms with E-state index in [-0.39, 0.29) is 31.0 Å². The zero-order valence-corrected chi connectivity index (χ0v) is 17.8. The highest BCUT2D eigenvalue weighted by molar-refractivity contribution is 5.85. The molecule has 6 heteroatoms. The number of halogens is 1. The van der Waals surface area contributed by atoms with E-state index in [9.17, 15) is 4.79 Å². The molecule has 0 spiro atoms. The molecule has 1 saturated heterocycles. The van der Waals surface area contributed by atoms with Crippen LogP contribution in [0.5, 0.6) is 5.75 Å². The summed E-state index contributed by atoms with van der Waals surface area (Å²) in [7, 11) is 0. The highest BCUT2D eigenvalue weighted by Gasteiger charge is 2.25. The molecule has 1 aliphatic rings. The summed E-state index contributed by atoms with van der Waals surface area (Å²) < 4.78 is 11.5. The fraction of sp³-hybridized carbons (Fsp3) is 0.500. The summed E-state index contributed by atoms with van der Waals surface area (Å²) in [6.45, 7) is 8.68. The average molecular weight is 407 g/mol. The Kier molecular flexibility index (Phi) is 8.39. The maximum absolute atomic E-state index is 12.3. The van der Waals surface area contributed by atoms with Gasteiger partial charge in [-0.3, -0.25) is 9.69 Å². The van der Waals surface area contributed by atoms with E-state index in [4.69, 9.17) is 9.15 Å². The van der Waals surface area contributed by atoms with Gasteiger partial charge >= 0.3 is 0 Å². The summed E-state index contributed by atoms with van der Waals surface area (Å²) in [5, 5.41) is 3.02. The van der Waals surface area contributed by atoms with E-state index >= 15 is 0 Å². The van der Waals surface area contributed by atoms with Crippen molar-refractivity contribution in [2.45, 2.75) is 46.1 Å². The van der Waals surface area contributed by atoms with Crippen LogP contribution in [-0.4, -0.2) is 37.0 Å². The second-order valence-corrected chi connectivity index (χ2v) is 7.40. The van der Waals surface area contributed by atoms with E-state index in [1.165, 1.54) is 24.8 Å². The number of hydrogen-bond donors (Lipinski definition) is 1. The maximum Gasteiger partial charge on any atom is 0.258 e. The number of hydrogen-bond acceptors (Lipinski definition) is 4. The van der Waals surface area contributed by atoms with Gasteiger partial charge in [0.15, 0.2) is 6.61 Å². The van der Waals surface area contributed by atoms with Crippen LogP contribution < -0.4 is 10.1 Å². The molecule has 1 unspecified atom stereocenters. The van der Waals surface area contributed by atoms with E-state index < -0.39 is 0 Å². The van der Waals surface area contributed by atoms with Crippen molar-refractivity contribution >= 4 is 18.3 Å². The first kappa shape index (κ1) is 22.3. The standard InChI is InChI=1S/C22H30N2O3.ClH/c1-16-7-9-19(13-17(16)2)26-15-22(25)23-14-20(21-10-8-18(3)27-21)24-11-5-4-6-12-24;/h7-10,13,20H,4-6,11-12,14-15H2,1-3H3,(H,23,25);1H. The Morgan fingerprint density at radius 2 is 1.86 bits per heavy atom. The molecule has 1 aromatic heterocycles. The molecular formula is C22H31ClN2O3. The first-order chi connectivity index (χ1) is 13.0. The molecule has 1 N–H and O–H groups in total. The fourth-order valence-corrected chi connectivity index (χ4v) is 3.49. The number of piperidine rings is 1. The summed E-state index contributed by atoms with van der Waals surface area (Å²) >= 11 is 0. The average Bonchev–Trinajstić information content (AvgIpc) is 3.10. The molecule has 1 aliphatic heterocycles. The number of carbonyl (C=O) groups excluding carboxylic acids is 1. The van der Waals surface area contributed by atoms with Crippen LogP contribution in [0.4, 0.5) is 0 Å². The van der Waals surface area contributed by atoms with E-state index in [2.05, 4.69) is 17.1 Å². The van der Waals surface area contributed by atoms with E-state index in [0.717, 1.165) is 35.9 Å². The predicted molar refractivity (Wildman–Crippen MR) is 113 cm³/mol. The van der Waals surface area contributed by atoms with Crippen LogP contribution in [-0.2, 0) is 4.79 Å². The third-order valence-electron chi connectivity index (χ3n) is 5.26. The number of nitrogens with one attached hydrogen (secondary N) is 1. The van der Waals surface area contributed by atoms with Crippen molar-refractivity contribution in [2.24, 2.45) is 0 Å². The normalized spacial score (nSPS) is 15.5. The Hall–Kier alpha value is -1.98. The lowest BCUT2D eigenvalue weighted by Crippen LogP contribution is -2.41. The van der Waals surface area contributed by atoms with Crippen LogP contribution in [0.3, 0.4) is 0 Å². The van der Waals surface area contributed by atoms with Crippen molar-refractivity contribution in [2.75, 3.05) is 26.2 Å². The molecule has 1 amide bonds. The van der Waals surface area contributed by atoms with Gasteiger partial charge in [-0.05, 0) is 82.1 Å². The Labute approximate surface area is 173 Å². The van der Waals surface area contributed by atoms with Gasteiger partial charge in [-0.15, -0.1) is 12.4 Å². The zero-order valence-electron chi connectivity index (χ0n) is 17.0. The largest absolute Gasteiger partial charge is 0.484 e. The van der Waals surface area contributed by atoms with Gasteiger partial charge in [0, 0.05) is 6.54 Å². The minimum atomic E-state index is -0.112. The smallest absolute Gasteiger partial charge is 0.258 e. The van der Waals surface area contributed by atoms with Crippen molar-refractivity contribution in [1.29, 1.82) is 0 Å². The number of amides is 1. The summed E-state index contributed by atoms with van der Waals surface area (Å²) in [5.41, 5.74) is 2.37. The Morgan fingerprint density at radius 1 is 1.11 bits per heavy atom. The van der Waals surface area contributed by atoms with Gasteiger partial charge < -0.3 is 14.5 Å². The van der Waals surface area contributed by atoms with Crippen molar-refractivity contribution in [3.05, 3.63) is 53.0 Å². The predicted octanol–water partition coefficient (Wildman–Crippen LogP) is 4.35. The molecule has 28 heavy (non-hydrogen) atoms. The SMILES string of the molecule is Cc1ccc(C(CNC(=O)COc2ccc(C)c(C)c2)N2CCCCC2)o1.Cl. The van der Waals surface area contributed by atoms with Crippen molar-refractivity contribution in [3.63, 3.8) is 0 Å². The van der Waals surface area contributed by atoms with Gasteiger partial charge in [0.05, 0.1) is 6.04 Å². The number of benzene rings is 1. The van der Waals surface area contributed by atoms with Crippen molar-refractivity contribution in [3.8, 4) is 5.75 Å². The summed E-state index contributed by atoms with van der Waals surface area (Å²) in [6, 6.07) is 9.95. The molecule has 0 aliphatic carbocycles. The number of aryl methyl sites for hydroxylation is 3. The van der Waals surface area contributed by atoms with Crippen LogP contribution in [0, 0.1) is 20.8 Å². The molecule has 2 aromatic rings. The lowest BCUT2D eigenvalue weighted by atomic mass is 10.1. The van der Waals surface area contributed by atoms with Gasteiger partial charge in [-0.2, -0.15) is 0 Å². The first-order valence-electron chi connectivity index (χ1n) is 9.80. The molecule has 0 bridgehead atoms. The van der Waals surface area contributed by atoms with Crippen molar-refractivity contribution < 1.29 is 13.9 Å². The molecule has 1 fully saturated rings. The Morgan fingerprint density at radius 3 is 2.50 bits per heavy atom. The molecule has 2 heterocycles. The monoisotopic (exact) mass is 406 g/mol. The zero-order chi connectivity index (χ0) is 19.2. The van der Waals surface area contributed by atoms with Crippen LogP contribution in [0.2, 0.25) is 0 Å². The number of furan rings is 1. The van der Waals surface area contributed by atoms with Crippen LogP contribution in [0.1, 0.15) is 48.0 Å². The number of ether oxygens (including phenoxy) is 1. The van der Waals surface area contributed by atoms with Crippen LogP contribution >= 0.6 is 12.4 Å². The number of rotatable bonds is 7. The topological polar surface area (TPSA) is 54.7 Å². The molecule has 1 aromatic carbocycles.